The number of aryl methyl sites for hydroxylation is 1. The number of benzene rings is 1. The SMILES string of the molecule is [CH2]CCCCCCc1ccc2ccccc2n1. The zero-order valence-corrected chi connectivity index (χ0v) is 10.4. The first-order valence-electron chi connectivity index (χ1n) is 6.54. The van der Waals surface area contributed by atoms with Gasteiger partial charge in [0.1, 0.15) is 0 Å². The van der Waals surface area contributed by atoms with Crippen molar-refractivity contribution in [3.05, 3.63) is 49.0 Å². The normalized spacial score (nSPS) is 10.9. The summed E-state index contributed by atoms with van der Waals surface area (Å²) in [5.74, 6) is 0. The molecule has 0 fully saturated rings. The summed E-state index contributed by atoms with van der Waals surface area (Å²) >= 11 is 0. The Balaban J connectivity index is 1.90. The van der Waals surface area contributed by atoms with E-state index < -0.39 is 0 Å². The van der Waals surface area contributed by atoms with Crippen molar-refractivity contribution in [3.63, 3.8) is 0 Å². The van der Waals surface area contributed by atoms with Crippen LogP contribution in [0.25, 0.3) is 10.9 Å². The van der Waals surface area contributed by atoms with Crippen LogP contribution >= 0.6 is 0 Å². The molecule has 0 aliphatic rings. The summed E-state index contributed by atoms with van der Waals surface area (Å²) in [6.07, 6.45) is 7.26. The van der Waals surface area contributed by atoms with E-state index in [2.05, 4.69) is 42.2 Å². The first-order chi connectivity index (χ1) is 8.40. The molecule has 1 aromatic carbocycles. The molecule has 2 aromatic rings. The van der Waals surface area contributed by atoms with E-state index in [-0.39, 0.29) is 0 Å². The van der Waals surface area contributed by atoms with E-state index in [1.807, 2.05) is 6.07 Å². The molecule has 0 saturated carbocycles. The number of hydrogen-bond acceptors (Lipinski definition) is 1. The van der Waals surface area contributed by atoms with Crippen LogP contribution in [0.1, 0.15) is 37.8 Å². The number of nitrogens with zero attached hydrogens (tertiary/aromatic N) is 1. The second-order valence-electron chi connectivity index (χ2n) is 4.51. The topological polar surface area (TPSA) is 12.9 Å². The molecular weight excluding hydrogens is 206 g/mol. The van der Waals surface area contributed by atoms with Crippen molar-refractivity contribution in [2.75, 3.05) is 0 Å². The van der Waals surface area contributed by atoms with Crippen molar-refractivity contribution in [2.24, 2.45) is 0 Å². The maximum Gasteiger partial charge on any atom is 0.0705 e. The smallest absolute Gasteiger partial charge is 0.0705 e. The van der Waals surface area contributed by atoms with Gasteiger partial charge in [0, 0.05) is 11.1 Å². The lowest BCUT2D eigenvalue weighted by molar-refractivity contribution is 0.641. The van der Waals surface area contributed by atoms with Gasteiger partial charge in [-0.05, 0) is 25.0 Å². The highest BCUT2D eigenvalue weighted by atomic mass is 14.7. The van der Waals surface area contributed by atoms with Gasteiger partial charge in [0.05, 0.1) is 5.52 Å². The molecule has 1 nitrogen and oxygen atoms in total. The molecule has 0 aliphatic heterocycles. The van der Waals surface area contributed by atoms with Gasteiger partial charge in [-0.25, -0.2) is 0 Å². The third kappa shape index (κ3) is 3.55. The first kappa shape index (κ1) is 12.1. The Morgan fingerprint density at radius 2 is 1.71 bits per heavy atom. The van der Waals surface area contributed by atoms with E-state index >= 15 is 0 Å². The molecule has 1 heteroatoms. The molecule has 17 heavy (non-hydrogen) atoms. The van der Waals surface area contributed by atoms with Crippen molar-refractivity contribution < 1.29 is 0 Å². The molecule has 2 rings (SSSR count). The van der Waals surface area contributed by atoms with Crippen LogP contribution in [0.3, 0.4) is 0 Å². The highest BCUT2D eigenvalue weighted by Crippen LogP contribution is 2.13. The molecule has 0 N–H and O–H groups in total. The quantitative estimate of drug-likeness (QED) is 0.658. The number of para-hydroxylation sites is 1. The second-order valence-corrected chi connectivity index (χ2v) is 4.51. The van der Waals surface area contributed by atoms with Gasteiger partial charge < -0.3 is 0 Å². The van der Waals surface area contributed by atoms with Crippen LogP contribution in [0.2, 0.25) is 0 Å². The molecule has 1 radical (unpaired) electrons. The van der Waals surface area contributed by atoms with E-state index in [1.54, 1.807) is 0 Å². The Labute approximate surface area is 104 Å². The number of rotatable bonds is 6. The van der Waals surface area contributed by atoms with Gasteiger partial charge in [0.15, 0.2) is 0 Å². The molecule has 0 atom stereocenters. The average molecular weight is 226 g/mol. The predicted octanol–water partition coefficient (Wildman–Crippen LogP) is 4.56. The lowest BCUT2D eigenvalue weighted by atomic mass is 10.1. The summed E-state index contributed by atoms with van der Waals surface area (Å²) in [6.45, 7) is 3.86. The molecule has 1 aromatic heterocycles. The van der Waals surface area contributed by atoms with Crippen LogP contribution in [0.5, 0.6) is 0 Å². The predicted molar refractivity (Wildman–Crippen MR) is 73.9 cm³/mol. The number of aromatic nitrogens is 1. The third-order valence-electron chi connectivity index (χ3n) is 3.09. The summed E-state index contributed by atoms with van der Waals surface area (Å²) in [5.41, 5.74) is 2.33. The minimum absolute atomic E-state index is 1.06. The minimum atomic E-state index is 1.06. The second kappa shape index (κ2) is 6.39. The minimum Gasteiger partial charge on any atom is -0.253 e. The Morgan fingerprint density at radius 1 is 0.882 bits per heavy atom. The lowest BCUT2D eigenvalue weighted by Crippen LogP contribution is -1.91. The van der Waals surface area contributed by atoms with E-state index in [1.165, 1.54) is 36.8 Å². The van der Waals surface area contributed by atoms with Gasteiger partial charge in [-0.2, -0.15) is 0 Å². The van der Waals surface area contributed by atoms with Gasteiger partial charge in [0.25, 0.3) is 0 Å². The van der Waals surface area contributed by atoms with Gasteiger partial charge in [-0.3, -0.25) is 4.98 Å². The van der Waals surface area contributed by atoms with E-state index in [0.29, 0.717) is 0 Å². The van der Waals surface area contributed by atoms with Gasteiger partial charge in [-0.1, -0.05) is 56.9 Å². The van der Waals surface area contributed by atoms with E-state index in [4.69, 9.17) is 0 Å². The van der Waals surface area contributed by atoms with Crippen molar-refractivity contribution in [3.8, 4) is 0 Å². The highest BCUT2D eigenvalue weighted by Gasteiger charge is 1.98. The first-order valence-corrected chi connectivity index (χ1v) is 6.54. The van der Waals surface area contributed by atoms with Crippen LogP contribution in [0.15, 0.2) is 36.4 Å². The number of pyridine rings is 1. The Bertz CT molecular complexity index is 462. The Hall–Kier alpha value is -1.37. The summed E-state index contributed by atoms with van der Waals surface area (Å²) in [7, 11) is 0. The fourth-order valence-corrected chi connectivity index (χ4v) is 2.08. The third-order valence-corrected chi connectivity index (χ3v) is 3.09. The summed E-state index contributed by atoms with van der Waals surface area (Å²) in [6, 6.07) is 12.6. The van der Waals surface area contributed by atoms with Crippen LogP contribution < -0.4 is 0 Å². The lowest BCUT2D eigenvalue weighted by Gasteiger charge is -2.03. The zero-order valence-electron chi connectivity index (χ0n) is 10.4. The van der Waals surface area contributed by atoms with Gasteiger partial charge >= 0.3 is 0 Å². The van der Waals surface area contributed by atoms with E-state index in [0.717, 1.165) is 18.4 Å². The van der Waals surface area contributed by atoms with Crippen LogP contribution in [0.4, 0.5) is 0 Å². The van der Waals surface area contributed by atoms with Gasteiger partial charge in [0.2, 0.25) is 0 Å². The van der Waals surface area contributed by atoms with Crippen molar-refractivity contribution in [1.82, 2.24) is 4.98 Å². The summed E-state index contributed by atoms with van der Waals surface area (Å²) in [4.78, 5) is 4.68. The maximum atomic E-state index is 4.68. The molecule has 0 spiro atoms. The van der Waals surface area contributed by atoms with Crippen LogP contribution in [-0.4, -0.2) is 4.98 Å². The van der Waals surface area contributed by atoms with Crippen molar-refractivity contribution in [2.45, 2.75) is 38.5 Å². The molecule has 89 valence electrons. The van der Waals surface area contributed by atoms with Crippen LogP contribution in [0, 0.1) is 6.92 Å². The van der Waals surface area contributed by atoms with E-state index in [9.17, 15) is 0 Å². The molecule has 0 bridgehead atoms. The maximum absolute atomic E-state index is 4.68. The average Bonchev–Trinajstić information content (AvgIpc) is 2.38. The molecule has 0 saturated heterocycles. The fourth-order valence-electron chi connectivity index (χ4n) is 2.08. The standard InChI is InChI=1S/C16H20N/c1-2-3-4-5-6-10-15-13-12-14-9-7-8-11-16(14)17-15/h7-9,11-13H,1-6,10H2. The number of fused-ring (bicyclic) bond motifs is 1. The largest absolute Gasteiger partial charge is 0.253 e. The zero-order chi connectivity index (χ0) is 11.9. The van der Waals surface area contributed by atoms with Gasteiger partial charge in [-0.15, -0.1) is 0 Å². The highest BCUT2D eigenvalue weighted by molar-refractivity contribution is 5.78. The van der Waals surface area contributed by atoms with Crippen molar-refractivity contribution >= 4 is 10.9 Å². The molecular formula is C16H20N. The number of unbranched alkanes of at least 4 members (excludes halogenated alkanes) is 4. The summed E-state index contributed by atoms with van der Waals surface area (Å²) in [5, 5.41) is 1.23. The fraction of sp³-hybridized carbons (Fsp3) is 0.375. The molecule has 0 unspecified atom stereocenters. The van der Waals surface area contributed by atoms with Crippen LogP contribution in [-0.2, 0) is 6.42 Å². The Morgan fingerprint density at radius 3 is 2.59 bits per heavy atom. The number of hydrogen-bond donors (Lipinski definition) is 0. The van der Waals surface area contributed by atoms with Crippen molar-refractivity contribution in [1.29, 1.82) is 0 Å². The monoisotopic (exact) mass is 226 g/mol. The molecule has 0 aliphatic carbocycles. The Kier molecular flexibility index (Phi) is 4.54. The molecule has 0 amide bonds. The summed E-state index contributed by atoms with van der Waals surface area (Å²) < 4.78 is 0. The molecule has 1 heterocycles.